The number of thioether (sulfide) groups is 1. The van der Waals surface area contributed by atoms with E-state index in [-0.39, 0.29) is 31.4 Å². The van der Waals surface area contributed by atoms with Crippen LogP contribution in [0, 0.1) is 0 Å². The minimum absolute atomic E-state index is 0.00998. The van der Waals surface area contributed by atoms with Crippen LogP contribution in [0.5, 0.6) is 5.75 Å². The van der Waals surface area contributed by atoms with Crippen LogP contribution in [0.2, 0.25) is 5.02 Å². The Balaban J connectivity index is 1.58. The summed E-state index contributed by atoms with van der Waals surface area (Å²) in [5.41, 5.74) is 2.38. The van der Waals surface area contributed by atoms with Crippen molar-refractivity contribution >= 4 is 57.7 Å². The quantitative estimate of drug-likeness (QED) is 0.316. The van der Waals surface area contributed by atoms with Gasteiger partial charge in [-0.3, -0.25) is 14.5 Å². The normalized spacial score (nSPS) is 16.2. The van der Waals surface area contributed by atoms with E-state index in [0.717, 1.165) is 5.56 Å². The number of hydrogen-bond acceptors (Lipinski definition) is 7. The molecule has 3 aromatic carbocycles. The van der Waals surface area contributed by atoms with Gasteiger partial charge in [0, 0.05) is 23.2 Å². The van der Waals surface area contributed by atoms with Crippen molar-refractivity contribution in [3.63, 3.8) is 0 Å². The zero-order valence-electron chi connectivity index (χ0n) is 21.6. The molecule has 0 radical (unpaired) electrons. The first-order valence-electron chi connectivity index (χ1n) is 12.5. The summed E-state index contributed by atoms with van der Waals surface area (Å²) in [4.78, 5) is 44.8. The summed E-state index contributed by atoms with van der Waals surface area (Å²) in [6, 6.07) is 20.9. The van der Waals surface area contributed by atoms with Crippen LogP contribution in [0.3, 0.4) is 0 Å². The van der Waals surface area contributed by atoms with Crippen LogP contribution in [-0.4, -0.2) is 46.3 Å². The van der Waals surface area contributed by atoms with Gasteiger partial charge < -0.3 is 14.8 Å². The molecule has 0 aliphatic carbocycles. The highest BCUT2D eigenvalue weighted by Gasteiger charge is 2.36. The Hall–Kier alpha value is -3.82. The number of carbonyl (C=O) groups excluding carboxylic acids is 3. The molecule has 1 saturated heterocycles. The standard InChI is InChI=1S/C29H28ClN3O5S/c1-3-37-24-7-5-6-23(16-24)31-27(35)25-17-26(34)33(18-19-8-12-21(30)13-9-19)29(39-25)32-22-14-10-20(11-15-22)28(36)38-4-2/h5-16,25H,3-4,17-18H2,1-2H3,(H,31,35). The molecule has 1 fully saturated rings. The molecule has 1 unspecified atom stereocenters. The van der Waals surface area contributed by atoms with Crippen LogP contribution in [0.1, 0.15) is 36.2 Å². The fourth-order valence-electron chi connectivity index (χ4n) is 3.82. The van der Waals surface area contributed by atoms with Crippen molar-refractivity contribution in [3.8, 4) is 5.75 Å². The number of anilines is 1. The Morgan fingerprint density at radius 1 is 1.05 bits per heavy atom. The molecule has 39 heavy (non-hydrogen) atoms. The zero-order valence-corrected chi connectivity index (χ0v) is 23.1. The molecule has 3 aromatic rings. The molecule has 1 heterocycles. The van der Waals surface area contributed by atoms with Gasteiger partial charge in [0.2, 0.25) is 11.8 Å². The molecule has 10 heteroatoms. The van der Waals surface area contributed by atoms with Gasteiger partial charge in [-0.2, -0.15) is 0 Å². The molecular weight excluding hydrogens is 538 g/mol. The maximum atomic E-state index is 13.3. The Labute approximate surface area is 236 Å². The monoisotopic (exact) mass is 565 g/mol. The van der Waals surface area contributed by atoms with Gasteiger partial charge in [0.25, 0.3) is 0 Å². The molecule has 202 valence electrons. The summed E-state index contributed by atoms with van der Waals surface area (Å²) in [5.74, 6) is -0.314. The third-order valence-electron chi connectivity index (χ3n) is 5.70. The van der Waals surface area contributed by atoms with E-state index in [9.17, 15) is 14.4 Å². The largest absolute Gasteiger partial charge is 0.494 e. The van der Waals surface area contributed by atoms with Crippen molar-refractivity contribution in [1.82, 2.24) is 4.90 Å². The highest BCUT2D eigenvalue weighted by Crippen LogP contribution is 2.31. The van der Waals surface area contributed by atoms with Crippen LogP contribution < -0.4 is 10.1 Å². The molecule has 0 bridgehead atoms. The van der Waals surface area contributed by atoms with Crippen molar-refractivity contribution in [2.75, 3.05) is 18.5 Å². The van der Waals surface area contributed by atoms with Crippen molar-refractivity contribution in [1.29, 1.82) is 0 Å². The molecule has 0 spiro atoms. The van der Waals surface area contributed by atoms with Gasteiger partial charge >= 0.3 is 5.97 Å². The molecule has 1 aliphatic rings. The lowest BCUT2D eigenvalue weighted by atomic mass is 10.2. The maximum absolute atomic E-state index is 13.3. The first-order chi connectivity index (χ1) is 18.9. The second-order valence-electron chi connectivity index (χ2n) is 8.53. The average molecular weight is 566 g/mol. The van der Waals surface area contributed by atoms with Crippen molar-refractivity contribution < 1.29 is 23.9 Å². The number of aliphatic imine (C=N–C) groups is 1. The van der Waals surface area contributed by atoms with Crippen LogP contribution in [0.15, 0.2) is 77.8 Å². The molecule has 1 atom stereocenters. The number of nitrogens with one attached hydrogen (secondary N) is 1. The summed E-state index contributed by atoms with van der Waals surface area (Å²) in [5, 5.41) is 3.18. The van der Waals surface area contributed by atoms with E-state index >= 15 is 0 Å². The number of nitrogens with zero attached hydrogens (tertiary/aromatic N) is 2. The number of carbonyl (C=O) groups is 3. The molecule has 1 N–H and O–H groups in total. The summed E-state index contributed by atoms with van der Waals surface area (Å²) in [7, 11) is 0. The lowest BCUT2D eigenvalue weighted by molar-refractivity contribution is -0.129. The smallest absolute Gasteiger partial charge is 0.338 e. The Morgan fingerprint density at radius 3 is 2.49 bits per heavy atom. The number of esters is 1. The Kier molecular flexibility index (Phi) is 9.62. The highest BCUT2D eigenvalue weighted by molar-refractivity contribution is 8.15. The molecule has 8 nitrogen and oxygen atoms in total. The summed E-state index contributed by atoms with van der Waals surface area (Å²) < 4.78 is 10.6. The van der Waals surface area contributed by atoms with Gasteiger partial charge in [0.15, 0.2) is 5.17 Å². The SMILES string of the molecule is CCOC(=O)c1ccc(N=C2SC(C(=O)Nc3cccc(OCC)c3)CC(=O)N2Cc2ccc(Cl)cc2)cc1. The van der Waals surface area contributed by atoms with E-state index < -0.39 is 11.2 Å². The van der Waals surface area contributed by atoms with Gasteiger partial charge in [0.05, 0.1) is 31.0 Å². The first-order valence-corrected chi connectivity index (χ1v) is 13.7. The van der Waals surface area contributed by atoms with Gasteiger partial charge in [-0.25, -0.2) is 9.79 Å². The summed E-state index contributed by atoms with van der Waals surface area (Å²) in [6.45, 7) is 4.69. The average Bonchev–Trinajstić information content (AvgIpc) is 2.92. The van der Waals surface area contributed by atoms with Gasteiger partial charge in [-0.1, -0.05) is 41.6 Å². The van der Waals surface area contributed by atoms with Crippen molar-refractivity contribution in [2.45, 2.75) is 32.1 Å². The second-order valence-corrected chi connectivity index (χ2v) is 10.1. The van der Waals surface area contributed by atoms with Crippen LogP contribution >= 0.6 is 23.4 Å². The van der Waals surface area contributed by atoms with E-state index in [4.69, 9.17) is 26.1 Å². The van der Waals surface area contributed by atoms with Gasteiger partial charge in [-0.15, -0.1) is 0 Å². The predicted octanol–water partition coefficient (Wildman–Crippen LogP) is 6.08. The van der Waals surface area contributed by atoms with Crippen molar-refractivity contribution in [3.05, 3.63) is 88.9 Å². The van der Waals surface area contributed by atoms with Crippen LogP contribution in [-0.2, 0) is 20.9 Å². The molecule has 0 aromatic heterocycles. The third-order valence-corrected chi connectivity index (χ3v) is 7.14. The molecular formula is C29H28ClN3O5S. The molecule has 4 rings (SSSR count). The summed E-state index contributed by atoms with van der Waals surface area (Å²) in [6.07, 6.45) is 0.00998. The van der Waals surface area contributed by atoms with E-state index in [1.54, 1.807) is 66.4 Å². The van der Waals surface area contributed by atoms with Crippen LogP contribution in [0.4, 0.5) is 11.4 Å². The Morgan fingerprint density at radius 2 is 1.79 bits per heavy atom. The van der Waals surface area contributed by atoms with E-state index in [0.29, 0.717) is 39.5 Å². The second kappa shape index (κ2) is 13.3. The lowest BCUT2D eigenvalue weighted by Crippen LogP contribution is -2.44. The number of halogens is 1. The fraction of sp³-hybridized carbons (Fsp3) is 0.241. The number of amides is 2. The highest BCUT2D eigenvalue weighted by atomic mass is 35.5. The minimum Gasteiger partial charge on any atom is -0.494 e. The van der Waals surface area contributed by atoms with Crippen molar-refractivity contribution in [2.24, 2.45) is 4.99 Å². The van der Waals surface area contributed by atoms with Crippen LogP contribution in [0.25, 0.3) is 0 Å². The predicted molar refractivity (Wildman–Crippen MR) is 154 cm³/mol. The number of benzene rings is 3. The molecule has 0 saturated carbocycles. The molecule has 2 amide bonds. The zero-order chi connectivity index (χ0) is 27.8. The minimum atomic E-state index is -0.688. The number of amidine groups is 1. The lowest BCUT2D eigenvalue weighted by Gasteiger charge is -2.32. The maximum Gasteiger partial charge on any atom is 0.338 e. The van der Waals surface area contributed by atoms with E-state index in [1.165, 1.54) is 11.8 Å². The number of hydrogen-bond donors (Lipinski definition) is 1. The van der Waals surface area contributed by atoms with E-state index in [1.807, 2.05) is 25.1 Å². The first kappa shape index (κ1) is 28.2. The van der Waals surface area contributed by atoms with Gasteiger partial charge in [0.1, 0.15) is 11.0 Å². The summed E-state index contributed by atoms with van der Waals surface area (Å²) >= 11 is 7.24. The van der Waals surface area contributed by atoms with E-state index in [2.05, 4.69) is 5.32 Å². The Bertz CT molecular complexity index is 1360. The number of ether oxygens (including phenoxy) is 2. The fourth-order valence-corrected chi connectivity index (χ4v) is 5.04. The van der Waals surface area contributed by atoms with Gasteiger partial charge in [-0.05, 0) is 67.9 Å². The molecule has 1 aliphatic heterocycles. The number of rotatable bonds is 9. The topological polar surface area (TPSA) is 97.3 Å². The third kappa shape index (κ3) is 7.61.